The molecule has 6 heteroatoms. The molecule has 112 valence electrons. The number of anilines is 2. The van der Waals surface area contributed by atoms with Crippen LogP contribution in [0.1, 0.15) is 5.56 Å². The molecule has 0 atom stereocenters. The van der Waals surface area contributed by atoms with Gasteiger partial charge in [-0.05, 0) is 24.6 Å². The highest BCUT2D eigenvalue weighted by Crippen LogP contribution is 2.39. The van der Waals surface area contributed by atoms with E-state index in [2.05, 4.69) is 16.2 Å². The Kier molecular flexibility index (Phi) is 4.18. The molecule has 0 aliphatic rings. The number of rotatable bonds is 3. The molecule has 0 aliphatic carbocycles. The lowest BCUT2D eigenvalue weighted by atomic mass is 10.2. The third kappa shape index (κ3) is 3.00. The topological polar surface area (TPSA) is 53.2 Å². The molecule has 0 bridgehead atoms. The van der Waals surface area contributed by atoms with Gasteiger partial charge in [0.1, 0.15) is 5.00 Å². The first-order valence-electron chi connectivity index (χ1n) is 6.71. The van der Waals surface area contributed by atoms with Crippen molar-refractivity contribution in [3.63, 3.8) is 0 Å². The van der Waals surface area contributed by atoms with E-state index in [1.807, 2.05) is 55.5 Å². The van der Waals surface area contributed by atoms with E-state index >= 15 is 0 Å². The average Bonchev–Trinajstić information content (AvgIpc) is 2.83. The molecule has 0 fully saturated rings. The summed E-state index contributed by atoms with van der Waals surface area (Å²) in [6.45, 7) is 1.96. The van der Waals surface area contributed by atoms with Crippen LogP contribution in [0.4, 0.5) is 15.5 Å². The molecule has 0 saturated carbocycles. The number of carbonyl (C=O) groups excluding carboxylic acids is 1. The van der Waals surface area contributed by atoms with Crippen molar-refractivity contribution in [2.45, 2.75) is 6.92 Å². The highest BCUT2D eigenvalue weighted by molar-refractivity contribution is 7.23. The highest BCUT2D eigenvalue weighted by Gasteiger charge is 2.12. The van der Waals surface area contributed by atoms with Gasteiger partial charge in [0.2, 0.25) is 0 Å². The van der Waals surface area contributed by atoms with Gasteiger partial charge in [-0.1, -0.05) is 48.0 Å². The fourth-order valence-corrected chi connectivity index (χ4v) is 3.44. The minimum Gasteiger partial charge on any atom is -0.297 e. The average molecular weight is 332 g/mol. The van der Waals surface area contributed by atoms with E-state index in [9.17, 15) is 4.79 Å². The van der Waals surface area contributed by atoms with Crippen LogP contribution in [0, 0.1) is 6.92 Å². The molecule has 0 saturated heterocycles. The first-order chi connectivity index (χ1) is 10.6. The number of urea groups is 1. The lowest BCUT2D eigenvalue weighted by Crippen LogP contribution is -2.33. The summed E-state index contributed by atoms with van der Waals surface area (Å²) in [5.74, 6) is 0. The second-order valence-corrected chi connectivity index (χ2v) is 6.19. The van der Waals surface area contributed by atoms with Crippen LogP contribution < -0.4 is 16.2 Å². The number of para-hydroxylation sites is 1. The van der Waals surface area contributed by atoms with Gasteiger partial charge in [0.15, 0.2) is 0 Å². The first-order valence-corrected chi connectivity index (χ1v) is 7.90. The smallest absolute Gasteiger partial charge is 0.297 e. The Morgan fingerprint density at radius 3 is 2.59 bits per heavy atom. The van der Waals surface area contributed by atoms with E-state index in [4.69, 9.17) is 11.6 Å². The Hall–Kier alpha value is -2.24. The third-order valence-electron chi connectivity index (χ3n) is 3.22. The molecule has 1 heterocycles. The summed E-state index contributed by atoms with van der Waals surface area (Å²) >= 11 is 7.74. The van der Waals surface area contributed by atoms with Crippen LogP contribution in [0.3, 0.4) is 0 Å². The fourth-order valence-electron chi connectivity index (χ4n) is 2.07. The van der Waals surface area contributed by atoms with Gasteiger partial charge >= 0.3 is 6.03 Å². The van der Waals surface area contributed by atoms with Crippen LogP contribution in [-0.2, 0) is 0 Å². The van der Waals surface area contributed by atoms with Crippen LogP contribution >= 0.6 is 22.9 Å². The molecule has 2 amide bonds. The van der Waals surface area contributed by atoms with Crippen molar-refractivity contribution in [2.24, 2.45) is 0 Å². The summed E-state index contributed by atoms with van der Waals surface area (Å²) in [6, 6.07) is 15.1. The van der Waals surface area contributed by atoms with Crippen molar-refractivity contribution in [1.29, 1.82) is 0 Å². The zero-order chi connectivity index (χ0) is 15.5. The van der Waals surface area contributed by atoms with Crippen molar-refractivity contribution < 1.29 is 4.79 Å². The number of hydrogen-bond donors (Lipinski definition) is 3. The Bertz CT molecular complexity index is 831. The molecular weight excluding hydrogens is 318 g/mol. The monoisotopic (exact) mass is 331 g/mol. The third-order valence-corrected chi connectivity index (χ3v) is 4.81. The predicted octanol–water partition coefficient (Wildman–Crippen LogP) is 5.01. The number of halogens is 1. The van der Waals surface area contributed by atoms with Crippen LogP contribution in [0.15, 0.2) is 48.5 Å². The van der Waals surface area contributed by atoms with Gasteiger partial charge < -0.3 is 0 Å². The lowest BCUT2D eigenvalue weighted by Gasteiger charge is -2.11. The quantitative estimate of drug-likeness (QED) is 0.591. The standard InChI is InChI=1S/C16H14ClN3OS/c1-10-6-2-4-8-12(10)19-20-16(21)18-15-14(17)11-7-3-5-9-13(11)22-15/h2-9,19H,1H3,(H2,18,20,21). The molecule has 3 aromatic rings. The van der Waals surface area contributed by atoms with E-state index in [-0.39, 0.29) is 6.03 Å². The number of hydrogen-bond acceptors (Lipinski definition) is 3. The van der Waals surface area contributed by atoms with E-state index in [0.29, 0.717) is 10.0 Å². The second-order valence-electron chi connectivity index (χ2n) is 4.76. The molecule has 0 spiro atoms. The van der Waals surface area contributed by atoms with E-state index in [1.54, 1.807) is 0 Å². The number of amides is 2. The summed E-state index contributed by atoms with van der Waals surface area (Å²) in [6.07, 6.45) is 0. The van der Waals surface area contributed by atoms with Crippen molar-refractivity contribution >= 4 is 49.7 Å². The molecule has 4 nitrogen and oxygen atoms in total. The number of fused-ring (bicyclic) bond motifs is 1. The summed E-state index contributed by atoms with van der Waals surface area (Å²) < 4.78 is 1.04. The molecule has 3 N–H and O–H groups in total. The van der Waals surface area contributed by atoms with Gasteiger partial charge in [-0.15, -0.1) is 11.3 Å². The first kappa shape index (κ1) is 14.7. The normalized spacial score (nSPS) is 10.5. The van der Waals surface area contributed by atoms with Crippen LogP contribution in [0.5, 0.6) is 0 Å². The summed E-state index contributed by atoms with van der Waals surface area (Å²) in [7, 11) is 0. The zero-order valence-corrected chi connectivity index (χ0v) is 13.4. The Balaban J connectivity index is 1.68. The summed E-state index contributed by atoms with van der Waals surface area (Å²) in [5, 5.41) is 4.90. The van der Waals surface area contributed by atoms with Gasteiger partial charge in [-0.2, -0.15) is 0 Å². The van der Waals surface area contributed by atoms with E-state index < -0.39 is 0 Å². The Morgan fingerprint density at radius 2 is 1.82 bits per heavy atom. The highest BCUT2D eigenvalue weighted by atomic mass is 35.5. The zero-order valence-electron chi connectivity index (χ0n) is 11.8. The number of benzene rings is 2. The Labute approximate surface area is 137 Å². The summed E-state index contributed by atoms with van der Waals surface area (Å²) in [4.78, 5) is 12.0. The molecule has 2 aromatic carbocycles. The minimum absolute atomic E-state index is 0.364. The molecule has 1 aromatic heterocycles. The van der Waals surface area contributed by atoms with E-state index in [0.717, 1.165) is 21.3 Å². The van der Waals surface area contributed by atoms with Gasteiger partial charge in [0.05, 0.1) is 10.7 Å². The molecule has 3 rings (SSSR count). The van der Waals surface area contributed by atoms with Gasteiger partial charge in [-0.25, -0.2) is 4.79 Å². The maximum Gasteiger partial charge on any atom is 0.338 e. The number of carbonyl (C=O) groups is 1. The predicted molar refractivity (Wildman–Crippen MR) is 93.8 cm³/mol. The van der Waals surface area contributed by atoms with Crippen LogP contribution in [0.25, 0.3) is 10.1 Å². The van der Waals surface area contributed by atoms with Crippen LogP contribution in [0.2, 0.25) is 5.02 Å². The minimum atomic E-state index is -0.364. The van der Waals surface area contributed by atoms with E-state index in [1.165, 1.54) is 11.3 Å². The van der Waals surface area contributed by atoms with Crippen molar-refractivity contribution in [3.05, 3.63) is 59.1 Å². The lowest BCUT2D eigenvalue weighted by molar-refractivity contribution is 0.254. The Morgan fingerprint density at radius 1 is 1.09 bits per heavy atom. The second kappa shape index (κ2) is 6.25. The summed E-state index contributed by atoms with van der Waals surface area (Å²) in [5.41, 5.74) is 7.38. The maximum atomic E-state index is 12.0. The van der Waals surface area contributed by atoms with Gasteiger partial charge in [-0.3, -0.25) is 16.2 Å². The molecule has 0 radical (unpaired) electrons. The molecule has 22 heavy (non-hydrogen) atoms. The number of nitrogens with one attached hydrogen (secondary N) is 3. The van der Waals surface area contributed by atoms with Crippen molar-refractivity contribution in [1.82, 2.24) is 5.43 Å². The number of aryl methyl sites for hydroxylation is 1. The van der Waals surface area contributed by atoms with Crippen molar-refractivity contribution in [2.75, 3.05) is 10.7 Å². The molecule has 0 unspecified atom stereocenters. The number of hydrazine groups is 1. The largest absolute Gasteiger partial charge is 0.338 e. The molecular formula is C16H14ClN3OS. The number of thiophene rings is 1. The maximum absolute atomic E-state index is 12.0. The molecule has 0 aliphatic heterocycles. The SMILES string of the molecule is Cc1ccccc1NNC(=O)Nc1sc2ccccc2c1Cl. The van der Waals surface area contributed by atoms with Gasteiger partial charge in [0.25, 0.3) is 0 Å². The van der Waals surface area contributed by atoms with Crippen LogP contribution in [-0.4, -0.2) is 6.03 Å². The van der Waals surface area contributed by atoms with Gasteiger partial charge in [0, 0.05) is 10.1 Å². The van der Waals surface area contributed by atoms with Crippen molar-refractivity contribution in [3.8, 4) is 0 Å². The fraction of sp³-hybridized carbons (Fsp3) is 0.0625.